The second-order valence-electron chi connectivity index (χ2n) is 8.73. The minimum Gasteiger partial charge on any atom is -0.312 e. The predicted octanol–water partition coefficient (Wildman–Crippen LogP) is 3.91. The largest absolute Gasteiger partial charge is 0.312 e. The van der Waals surface area contributed by atoms with Crippen LogP contribution in [0.2, 0.25) is 0 Å². The molecule has 0 radical (unpaired) electrons. The summed E-state index contributed by atoms with van der Waals surface area (Å²) in [5.41, 5.74) is 1.03. The van der Waals surface area contributed by atoms with E-state index < -0.39 is 0 Å². The molecule has 0 amide bonds. The van der Waals surface area contributed by atoms with Crippen molar-refractivity contribution in [2.24, 2.45) is 16.7 Å². The average molecular weight is 280 g/mol. The zero-order chi connectivity index (χ0) is 15.1. The molecule has 2 aliphatic rings. The van der Waals surface area contributed by atoms with E-state index in [1.807, 2.05) is 0 Å². The first kappa shape index (κ1) is 16.3. The fourth-order valence-corrected chi connectivity index (χ4v) is 5.26. The van der Waals surface area contributed by atoms with Gasteiger partial charge in [0.2, 0.25) is 0 Å². The molecular weight excluding hydrogens is 244 g/mol. The van der Waals surface area contributed by atoms with Gasteiger partial charge in [-0.25, -0.2) is 0 Å². The van der Waals surface area contributed by atoms with Crippen LogP contribution in [0.3, 0.4) is 0 Å². The van der Waals surface area contributed by atoms with Crippen molar-refractivity contribution < 1.29 is 0 Å². The zero-order valence-corrected chi connectivity index (χ0v) is 14.8. The first-order chi connectivity index (χ1) is 9.18. The molecule has 20 heavy (non-hydrogen) atoms. The van der Waals surface area contributed by atoms with Crippen LogP contribution in [-0.2, 0) is 0 Å². The van der Waals surface area contributed by atoms with E-state index in [0.29, 0.717) is 29.0 Å². The third-order valence-corrected chi connectivity index (χ3v) is 6.31. The summed E-state index contributed by atoms with van der Waals surface area (Å²) in [4.78, 5) is 2.59. The lowest BCUT2D eigenvalue weighted by Gasteiger charge is -2.44. The van der Waals surface area contributed by atoms with Crippen LogP contribution in [0.5, 0.6) is 0 Å². The summed E-state index contributed by atoms with van der Waals surface area (Å²) in [5.74, 6) is 0.941. The molecule has 2 saturated carbocycles. The van der Waals surface area contributed by atoms with E-state index in [-0.39, 0.29) is 0 Å². The maximum Gasteiger partial charge on any atom is 0.0175 e. The van der Waals surface area contributed by atoms with E-state index in [0.717, 1.165) is 12.5 Å². The molecule has 2 nitrogen and oxygen atoms in total. The third-order valence-electron chi connectivity index (χ3n) is 6.31. The van der Waals surface area contributed by atoms with Gasteiger partial charge in [-0.2, -0.15) is 0 Å². The van der Waals surface area contributed by atoms with Crippen LogP contribution in [0, 0.1) is 16.7 Å². The Morgan fingerprint density at radius 2 is 1.70 bits per heavy atom. The second-order valence-corrected chi connectivity index (χ2v) is 8.73. The molecule has 0 aliphatic heterocycles. The molecule has 2 heteroatoms. The summed E-state index contributed by atoms with van der Waals surface area (Å²) < 4.78 is 0. The lowest BCUT2D eigenvalue weighted by molar-refractivity contribution is 0.0999. The number of fused-ring (bicyclic) bond motifs is 2. The van der Waals surface area contributed by atoms with Crippen LogP contribution in [-0.4, -0.2) is 36.1 Å². The van der Waals surface area contributed by atoms with Crippen molar-refractivity contribution in [1.82, 2.24) is 10.2 Å². The van der Waals surface area contributed by atoms with E-state index in [2.05, 4.69) is 58.7 Å². The molecule has 2 aliphatic carbocycles. The number of rotatable bonds is 6. The van der Waals surface area contributed by atoms with Gasteiger partial charge in [0, 0.05) is 31.2 Å². The minimum absolute atomic E-state index is 0.480. The van der Waals surface area contributed by atoms with Gasteiger partial charge in [-0.1, -0.05) is 20.8 Å². The molecule has 0 aromatic heterocycles. The van der Waals surface area contributed by atoms with Crippen molar-refractivity contribution in [3.8, 4) is 0 Å². The Hall–Kier alpha value is -0.0800. The van der Waals surface area contributed by atoms with Crippen LogP contribution in [0.4, 0.5) is 0 Å². The van der Waals surface area contributed by atoms with Crippen molar-refractivity contribution in [2.45, 2.75) is 85.9 Å². The highest BCUT2D eigenvalue weighted by Gasteiger charge is 2.58. The number of hydrogen-bond acceptors (Lipinski definition) is 2. The van der Waals surface area contributed by atoms with E-state index in [9.17, 15) is 0 Å². The van der Waals surface area contributed by atoms with Crippen LogP contribution in [0.15, 0.2) is 0 Å². The van der Waals surface area contributed by atoms with Gasteiger partial charge < -0.3 is 5.32 Å². The van der Waals surface area contributed by atoms with Crippen LogP contribution in [0.25, 0.3) is 0 Å². The second kappa shape index (κ2) is 5.61. The topological polar surface area (TPSA) is 15.3 Å². The maximum atomic E-state index is 3.94. The molecule has 0 spiro atoms. The first-order valence-corrected chi connectivity index (χ1v) is 8.67. The van der Waals surface area contributed by atoms with Crippen molar-refractivity contribution >= 4 is 0 Å². The normalized spacial score (nSPS) is 35.7. The zero-order valence-electron chi connectivity index (χ0n) is 14.8. The fraction of sp³-hybridized carbons (Fsp3) is 1.00. The minimum atomic E-state index is 0.480. The Bertz CT molecular complexity index is 322. The van der Waals surface area contributed by atoms with Gasteiger partial charge >= 0.3 is 0 Å². The van der Waals surface area contributed by atoms with Gasteiger partial charge in [0.05, 0.1) is 0 Å². The van der Waals surface area contributed by atoms with E-state index in [1.165, 1.54) is 25.8 Å². The summed E-state index contributed by atoms with van der Waals surface area (Å²) in [6.07, 6.45) is 4.32. The molecule has 2 rings (SSSR count). The lowest BCUT2D eigenvalue weighted by atomic mass is 9.68. The Kier molecular flexibility index (Phi) is 4.57. The first-order valence-electron chi connectivity index (χ1n) is 8.67. The van der Waals surface area contributed by atoms with Gasteiger partial charge in [0.1, 0.15) is 0 Å². The summed E-state index contributed by atoms with van der Waals surface area (Å²) in [6, 6.07) is 1.98. The van der Waals surface area contributed by atoms with E-state index in [1.54, 1.807) is 0 Å². The molecule has 2 bridgehead atoms. The summed E-state index contributed by atoms with van der Waals surface area (Å²) >= 11 is 0. The molecule has 0 aromatic rings. The average Bonchev–Trinajstić information content (AvgIpc) is 2.77. The van der Waals surface area contributed by atoms with Gasteiger partial charge in [0.15, 0.2) is 0 Å². The van der Waals surface area contributed by atoms with Crippen LogP contribution >= 0.6 is 0 Å². The monoisotopic (exact) mass is 280 g/mol. The fourth-order valence-electron chi connectivity index (χ4n) is 5.26. The molecule has 3 atom stereocenters. The van der Waals surface area contributed by atoms with Crippen LogP contribution < -0.4 is 5.32 Å². The van der Waals surface area contributed by atoms with Gasteiger partial charge in [0.25, 0.3) is 0 Å². The smallest absolute Gasteiger partial charge is 0.0175 e. The Balaban J connectivity index is 1.91. The third kappa shape index (κ3) is 2.78. The van der Waals surface area contributed by atoms with Crippen molar-refractivity contribution in [3.63, 3.8) is 0 Å². The van der Waals surface area contributed by atoms with Crippen LogP contribution in [0.1, 0.15) is 67.7 Å². The van der Waals surface area contributed by atoms with Gasteiger partial charge in [-0.05, 0) is 63.7 Å². The Labute approximate surface area is 126 Å². The highest BCUT2D eigenvalue weighted by molar-refractivity contribution is 5.12. The summed E-state index contributed by atoms with van der Waals surface area (Å²) in [5, 5.41) is 3.94. The van der Waals surface area contributed by atoms with Gasteiger partial charge in [-0.3, -0.25) is 4.90 Å². The molecule has 118 valence electrons. The highest BCUT2D eigenvalue weighted by Crippen LogP contribution is 2.62. The van der Waals surface area contributed by atoms with Crippen molar-refractivity contribution in [1.29, 1.82) is 0 Å². The Morgan fingerprint density at radius 3 is 2.15 bits per heavy atom. The number of nitrogens with one attached hydrogen (secondary N) is 1. The highest BCUT2D eigenvalue weighted by atomic mass is 15.2. The number of hydrogen-bond donors (Lipinski definition) is 1. The molecule has 0 heterocycles. The van der Waals surface area contributed by atoms with E-state index >= 15 is 0 Å². The van der Waals surface area contributed by atoms with Crippen molar-refractivity contribution in [3.05, 3.63) is 0 Å². The molecular formula is C18H36N2. The summed E-state index contributed by atoms with van der Waals surface area (Å²) in [7, 11) is 0. The SMILES string of the molecule is CC(C)N(CCNC1C2(C)CCC(C2)C1(C)C)C(C)C. The predicted molar refractivity (Wildman–Crippen MR) is 88.0 cm³/mol. The maximum absolute atomic E-state index is 3.94. The van der Waals surface area contributed by atoms with E-state index in [4.69, 9.17) is 0 Å². The van der Waals surface area contributed by atoms with Gasteiger partial charge in [-0.15, -0.1) is 0 Å². The molecule has 1 N–H and O–H groups in total. The lowest BCUT2D eigenvalue weighted by Crippen LogP contribution is -2.52. The quantitative estimate of drug-likeness (QED) is 0.793. The molecule has 0 aromatic carbocycles. The summed E-state index contributed by atoms with van der Waals surface area (Å²) in [6.45, 7) is 19.0. The molecule has 3 unspecified atom stereocenters. The standard InChI is InChI=1S/C18H36N2/c1-13(2)20(14(3)4)11-10-19-16-17(5,6)15-8-9-18(16,7)12-15/h13-16,19H,8-12H2,1-7H3. The number of nitrogens with zero attached hydrogens (tertiary/aromatic N) is 1. The Morgan fingerprint density at radius 1 is 1.10 bits per heavy atom. The van der Waals surface area contributed by atoms with Crippen molar-refractivity contribution in [2.75, 3.05) is 13.1 Å². The molecule has 0 saturated heterocycles. The molecule has 2 fully saturated rings.